The van der Waals surface area contributed by atoms with Gasteiger partial charge in [0, 0.05) is 43.6 Å². The van der Waals surface area contributed by atoms with E-state index in [-0.39, 0.29) is 20.1 Å². The first-order chi connectivity index (χ1) is 21.2. The average molecular weight is 788 g/mol. The Morgan fingerprint density at radius 1 is 0.867 bits per heavy atom. The van der Waals surface area contributed by atoms with E-state index in [1.165, 1.54) is 31.2 Å². The van der Waals surface area contributed by atoms with E-state index >= 15 is 0 Å². The molecule has 4 heterocycles. The van der Waals surface area contributed by atoms with Crippen LogP contribution in [0.1, 0.15) is 68.2 Å². The van der Waals surface area contributed by atoms with Gasteiger partial charge in [0.2, 0.25) is 5.71 Å². The number of aryl methyl sites for hydroxylation is 1. The molecule has 233 valence electrons. The molecule has 6 heteroatoms. The monoisotopic (exact) mass is 788 g/mol. The Morgan fingerprint density at radius 2 is 1.67 bits per heavy atom. The van der Waals surface area contributed by atoms with Crippen LogP contribution in [0.2, 0.25) is 19.6 Å². The molecule has 45 heavy (non-hydrogen) atoms. The smallest absolute Gasteiger partial charge is 0.216 e. The van der Waals surface area contributed by atoms with Gasteiger partial charge in [-0.15, -0.1) is 54.1 Å². The molecule has 0 spiro atoms. The summed E-state index contributed by atoms with van der Waals surface area (Å²) in [6.07, 6.45) is 9.47. The Morgan fingerprint density at radius 3 is 2.38 bits per heavy atom. The molecule has 0 atom stereocenters. The van der Waals surface area contributed by atoms with Gasteiger partial charge in [0.25, 0.3) is 0 Å². The van der Waals surface area contributed by atoms with Crippen molar-refractivity contribution in [1.29, 1.82) is 0 Å². The van der Waals surface area contributed by atoms with Crippen molar-refractivity contribution in [2.75, 3.05) is 0 Å². The molecule has 6 aromatic rings. The SMILES string of the molecule is C[Si](C)(C)c1cnc(-c2[c-]cccc2)cc1C1CCCC1.Cc1ccc2c(n1)oc1c(-c3cc(C(C)C)ccn3)[c-]ccc12.[Ir]. The normalized spacial score (nSPS) is 13.6. The summed E-state index contributed by atoms with van der Waals surface area (Å²) in [6, 6.07) is 29.3. The largest absolute Gasteiger partial charge is 0.486 e. The number of nitrogens with zero attached hydrogens (tertiary/aromatic N) is 3. The third-order valence-electron chi connectivity index (χ3n) is 8.67. The van der Waals surface area contributed by atoms with Gasteiger partial charge in [-0.2, -0.15) is 0 Å². The molecule has 0 unspecified atom stereocenters. The quantitative estimate of drug-likeness (QED) is 0.129. The van der Waals surface area contributed by atoms with Crippen LogP contribution >= 0.6 is 0 Å². The van der Waals surface area contributed by atoms with Crippen LogP contribution in [0.15, 0.2) is 83.5 Å². The topological polar surface area (TPSA) is 51.8 Å². The summed E-state index contributed by atoms with van der Waals surface area (Å²) in [4.78, 5) is 13.8. The van der Waals surface area contributed by atoms with Crippen molar-refractivity contribution in [3.05, 3.63) is 108 Å². The van der Waals surface area contributed by atoms with Gasteiger partial charge < -0.3 is 14.4 Å². The maximum Gasteiger partial charge on any atom is 0.216 e. The minimum Gasteiger partial charge on any atom is -0.486 e. The van der Waals surface area contributed by atoms with Gasteiger partial charge in [-0.3, -0.25) is 0 Å². The molecular weight excluding hydrogens is 747 g/mol. The van der Waals surface area contributed by atoms with Crippen LogP contribution in [-0.2, 0) is 20.1 Å². The zero-order chi connectivity index (χ0) is 30.8. The third kappa shape index (κ3) is 7.19. The fraction of sp³-hybridized carbons (Fsp3) is 0.308. The Labute approximate surface area is 282 Å². The Bertz CT molecular complexity index is 1900. The Hall–Kier alpha value is -3.44. The number of hydrogen-bond donors (Lipinski definition) is 0. The number of aromatic nitrogens is 3. The molecule has 0 bridgehead atoms. The number of rotatable bonds is 5. The molecule has 0 amide bonds. The van der Waals surface area contributed by atoms with Crippen LogP contribution in [-0.4, -0.2) is 23.0 Å². The molecule has 0 N–H and O–H groups in total. The van der Waals surface area contributed by atoms with E-state index in [0.29, 0.717) is 11.6 Å². The first-order valence-corrected chi connectivity index (χ1v) is 19.3. The van der Waals surface area contributed by atoms with Gasteiger partial charge in [0.05, 0.1) is 13.7 Å². The Balaban J connectivity index is 0.000000175. The summed E-state index contributed by atoms with van der Waals surface area (Å²) < 4.78 is 6.04. The molecule has 1 fully saturated rings. The summed E-state index contributed by atoms with van der Waals surface area (Å²) in [5, 5.41) is 3.63. The van der Waals surface area contributed by atoms with Crippen molar-refractivity contribution in [2.45, 2.75) is 77.9 Å². The molecule has 1 radical (unpaired) electrons. The molecular formula is C39H41IrN3OSi-2. The van der Waals surface area contributed by atoms with Crippen LogP contribution in [0.5, 0.6) is 0 Å². The minimum atomic E-state index is -1.34. The van der Waals surface area contributed by atoms with Crippen molar-refractivity contribution in [2.24, 2.45) is 0 Å². The van der Waals surface area contributed by atoms with Crippen LogP contribution in [0, 0.1) is 19.1 Å². The van der Waals surface area contributed by atoms with Crippen LogP contribution in [0.3, 0.4) is 0 Å². The van der Waals surface area contributed by atoms with Gasteiger partial charge in [-0.25, -0.2) is 4.98 Å². The summed E-state index contributed by atoms with van der Waals surface area (Å²) in [6.45, 7) is 13.6. The first-order valence-electron chi connectivity index (χ1n) is 15.8. The second kappa shape index (κ2) is 13.9. The molecule has 4 aromatic heterocycles. The van der Waals surface area contributed by atoms with Crippen LogP contribution < -0.4 is 5.19 Å². The average Bonchev–Trinajstić information content (AvgIpc) is 3.69. The van der Waals surface area contributed by atoms with Gasteiger partial charge in [-0.05, 0) is 66.4 Å². The van der Waals surface area contributed by atoms with Gasteiger partial charge >= 0.3 is 0 Å². The molecule has 7 rings (SSSR count). The molecule has 1 aliphatic rings. The van der Waals surface area contributed by atoms with Crippen molar-refractivity contribution in [3.8, 4) is 22.5 Å². The second-order valence-electron chi connectivity index (χ2n) is 13.3. The van der Waals surface area contributed by atoms with Crippen molar-refractivity contribution >= 4 is 35.3 Å². The summed E-state index contributed by atoms with van der Waals surface area (Å²) >= 11 is 0. The molecule has 4 nitrogen and oxygen atoms in total. The molecule has 1 saturated carbocycles. The fourth-order valence-electron chi connectivity index (χ4n) is 6.22. The van der Waals surface area contributed by atoms with Gasteiger partial charge in [0.15, 0.2) is 0 Å². The molecule has 0 saturated heterocycles. The van der Waals surface area contributed by atoms with Crippen LogP contribution in [0.4, 0.5) is 0 Å². The predicted octanol–water partition coefficient (Wildman–Crippen LogP) is 10.0. The standard InChI is InChI=1S/C20H17N2O.C19H24NSi.Ir/c1-12(2)14-9-10-21-18(11-14)17-6-4-5-15-16-8-7-13(3)22-20(16)23-19(15)17;1-21(2,3)19-14-20-18(16-11-5-4-6-12-16)13-17(19)15-9-7-8-10-15;/h4-5,7-12H,1-3H3;4-6,11,13-15H,7-10H2,1-3H3;/q2*-1;. The number of furan rings is 1. The Kier molecular flexibility index (Phi) is 10.2. The number of fused-ring (bicyclic) bond motifs is 3. The molecule has 0 aliphatic heterocycles. The summed E-state index contributed by atoms with van der Waals surface area (Å²) in [7, 11) is -1.34. The van der Waals surface area contributed by atoms with Gasteiger partial charge in [0.1, 0.15) is 0 Å². The van der Waals surface area contributed by atoms with E-state index in [9.17, 15) is 0 Å². The second-order valence-corrected chi connectivity index (χ2v) is 18.3. The zero-order valence-electron chi connectivity index (χ0n) is 27.1. The van der Waals surface area contributed by atoms with Crippen molar-refractivity contribution in [1.82, 2.24) is 15.0 Å². The van der Waals surface area contributed by atoms with E-state index in [0.717, 1.165) is 50.5 Å². The molecule has 1 aliphatic carbocycles. The number of benzene rings is 2. The van der Waals surface area contributed by atoms with Crippen LogP contribution in [0.25, 0.3) is 44.6 Å². The van der Waals surface area contributed by atoms with Crippen molar-refractivity contribution < 1.29 is 24.5 Å². The number of pyridine rings is 3. The van der Waals surface area contributed by atoms with E-state index in [1.807, 2.05) is 43.5 Å². The maximum absolute atomic E-state index is 6.04. The zero-order valence-corrected chi connectivity index (χ0v) is 30.5. The predicted molar refractivity (Wildman–Crippen MR) is 185 cm³/mol. The van der Waals surface area contributed by atoms with E-state index in [1.54, 1.807) is 10.8 Å². The molecule has 2 aromatic carbocycles. The summed E-state index contributed by atoms with van der Waals surface area (Å²) in [5.74, 6) is 1.20. The maximum atomic E-state index is 6.04. The van der Waals surface area contributed by atoms with E-state index in [2.05, 4.69) is 98.2 Å². The minimum absolute atomic E-state index is 0. The fourth-order valence-corrected chi connectivity index (χ4v) is 7.81. The summed E-state index contributed by atoms with van der Waals surface area (Å²) in [5.41, 5.74) is 9.22. The number of hydrogen-bond acceptors (Lipinski definition) is 4. The van der Waals surface area contributed by atoms with Crippen molar-refractivity contribution in [3.63, 3.8) is 0 Å². The van der Waals surface area contributed by atoms with E-state index < -0.39 is 8.07 Å². The van der Waals surface area contributed by atoms with E-state index in [4.69, 9.17) is 9.40 Å². The first kappa shape index (κ1) is 32.9. The third-order valence-corrected chi connectivity index (χ3v) is 10.7. The van der Waals surface area contributed by atoms with Gasteiger partial charge in [-0.1, -0.05) is 80.5 Å².